The number of hydrogen-bond donors (Lipinski definition) is 1. The summed E-state index contributed by atoms with van der Waals surface area (Å²) in [6, 6.07) is 0.658. The Bertz CT molecular complexity index is 400. The van der Waals surface area contributed by atoms with E-state index >= 15 is 0 Å². The Morgan fingerprint density at radius 3 is 2.89 bits per heavy atom. The first kappa shape index (κ1) is 14.0. The minimum atomic E-state index is 0.658. The van der Waals surface area contributed by atoms with Gasteiger partial charge in [0, 0.05) is 39.3 Å². The lowest BCUT2D eigenvalue weighted by Crippen LogP contribution is -2.50. The van der Waals surface area contributed by atoms with Crippen LogP contribution in [-0.4, -0.2) is 40.4 Å². The number of hydrogen-bond acceptors (Lipinski definition) is 3. The van der Waals surface area contributed by atoms with Gasteiger partial charge in [-0.2, -0.15) is 5.10 Å². The Hall–Kier alpha value is -0.390. The van der Waals surface area contributed by atoms with Crippen molar-refractivity contribution in [3.05, 3.63) is 15.9 Å². The number of rotatable bonds is 4. The van der Waals surface area contributed by atoms with Crippen LogP contribution >= 0.6 is 15.9 Å². The van der Waals surface area contributed by atoms with E-state index in [4.69, 9.17) is 0 Å². The Morgan fingerprint density at radius 1 is 1.50 bits per heavy atom. The third-order valence-corrected chi connectivity index (χ3v) is 4.74. The molecule has 1 aliphatic heterocycles. The van der Waals surface area contributed by atoms with Crippen LogP contribution in [0, 0.1) is 6.92 Å². The molecule has 1 saturated heterocycles. The van der Waals surface area contributed by atoms with E-state index in [0.29, 0.717) is 6.04 Å². The molecule has 0 amide bonds. The van der Waals surface area contributed by atoms with Crippen molar-refractivity contribution < 1.29 is 0 Å². The number of aromatic nitrogens is 2. The molecule has 0 saturated carbocycles. The maximum absolute atomic E-state index is 4.47. The van der Waals surface area contributed by atoms with Gasteiger partial charge in [0.15, 0.2) is 0 Å². The summed E-state index contributed by atoms with van der Waals surface area (Å²) < 4.78 is 3.17. The predicted octanol–water partition coefficient (Wildman–Crippen LogP) is 2.06. The van der Waals surface area contributed by atoms with Gasteiger partial charge in [-0.3, -0.25) is 9.58 Å². The van der Waals surface area contributed by atoms with Gasteiger partial charge in [-0.1, -0.05) is 13.3 Å². The van der Waals surface area contributed by atoms with Crippen LogP contribution in [0.15, 0.2) is 4.47 Å². The number of nitrogens with zero attached hydrogens (tertiary/aromatic N) is 3. The molecule has 2 rings (SSSR count). The molecule has 2 heterocycles. The van der Waals surface area contributed by atoms with Crippen LogP contribution in [0.3, 0.4) is 0 Å². The highest BCUT2D eigenvalue weighted by Crippen LogP contribution is 2.23. The fourth-order valence-corrected chi connectivity index (χ4v) is 3.13. The maximum atomic E-state index is 4.47. The maximum Gasteiger partial charge on any atom is 0.0739 e. The van der Waals surface area contributed by atoms with Crippen LogP contribution in [0.2, 0.25) is 0 Å². The van der Waals surface area contributed by atoms with Gasteiger partial charge in [0.2, 0.25) is 0 Å². The summed E-state index contributed by atoms with van der Waals surface area (Å²) in [4.78, 5) is 2.58. The second-order valence-electron chi connectivity index (χ2n) is 5.09. The summed E-state index contributed by atoms with van der Waals surface area (Å²) in [5, 5.41) is 7.97. The zero-order chi connectivity index (χ0) is 13.1. The number of aryl methyl sites for hydroxylation is 2. The number of halogens is 1. The predicted molar refractivity (Wildman–Crippen MR) is 77.6 cm³/mol. The Labute approximate surface area is 118 Å². The first-order valence-corrected chi connectivity index (χ1v) is 7.55. The molecule has 1 atom stereocenters. The Morgan fingerprint density at radius 2 is 2.28 bits per heavy atom. The summed E-state index contributed by atoms with van der Waals surface area (Å²) >= 11 is 3.66. The molecule has 1 N–H and O–H groups in total. The fourth-order valence-electron chi connectivity index (χ4n) is 2.67. The molecule has 0 aromatic carbocycles. The zero-order valence-corrected chi connectivity index (χ0v) is 13.1. The van der Waals surface area contributed by atoms with E-state index in [1.807, 2.05) is 11.7 Å². The second-order valence-corrected chi connectivity index (χ2v) is 5.88. The first-order valence-electron chi connectivity index (χ1n) is 6.76. The van der Waals surface area contributed by atoms with Gasteiger partial charge in [0.1, 0.15) is 0 Å². The quantitative estimate of drug-likeness (QED) is 0.923. The van der Waals surface area contributed by atoms with E-state index in [-0.39, 0.29) is 0 Å². The van der Waals surface area contributed by atoms with Crippen LogP contribution in [0.4, 0.5) is 0 Å². The molecule has 1 aromatic heterocycles. The highest BCUT2D eigenvalue weighted by molar-refractivity contribution is 9.10. The van der Waals surface area contributed by atoms with Gasteiger partial charge in [-0.15, -0.1) is 0 Å². The highest BCUT2D eigenvalue weighted by atomic mass is 79.9. The Kier molecular flexibility index (Phi) is 4.81. The zero-order valence-electron chi connectivity index (χ0n) is 11.5. The normalized spacial score (nSPS) is 21.4. The molecular weight excluding hydrogens is 292 g/mol. The molecule has 1 unspecified atom stereocenters. The van der Waals surface area contributed by atoms with Crippen molar-refractivity contribution >= 4 is 15.9 Å². The average Bonchev–Trinajstić information content (AvgIpc) is 2.59. The summed E-state index contributed by atoms with van der Waals surface area (Å²) in [6.45, 7) is 8.63. The van der Waals surface area contributed by atoms with Crippen molar-refractivity contribution in [1.29, 1.82) is 0 Å². The number of nitrogens with one attached hydrogen (secondary N) is 1. The van der Waals surface area contributed by atoms with Crippen molar-refractivity contribution in [2.75, 3.05) is 19.6 Å². The standard InChI is InChI=1S/C13H23BrN4/c1-4-5-11-8-15-6-7-18(11)9-12-13(14)10(2)16-17(12)3/h11,15H,4-9H2,1-3H3. The van der Waals surface area contributed by atoms with Crippen LogP contribution in [0.25, 0.3) is 0 Å². The molecule has 0 spiro atoms. The van der Waals surface area contributed by atoms with Gasteiger partial charge < -0.3 is 5.32 Å². The van der Waals surface area contributed by atoms with Gasteiger partial charge in [0.05, 0.1) is 15.9 Å². The van der Waals surface area contributed by atoms with E-state index in [9.17, 15) is 0 Å². The van der Waals surface area contributed by atoms with E-state index in [0.717, 1.165) is 31.9 Å². The average molecular weight is 315 g/mol. The topological polar surface area (TPSA) is 33.1 Å². The molecule has 0 aliphatic carbocycles. The van der Waals surface area contributed by atoms with E-state index in [2.05, 4.69) is 45.1 Å². The molecule has 5 heteroatoms. The van der Waals surface area contributed by atoms with Crippen molar-refractivity contribution in [3.63, 3.8) is 0 Å². The molecule has 1 aromatic rings. The van der Waals surface area contributed by atoms with E-state index < -0.39 is 0 Å². The van der Waals surface area contributed by atoms with Crippen LogP contribution < -0.4 is 5.32 Å². The minimum Gasteiger partial charge on any atom is -0.314 e. The smallest absolute Gasteiger partial charge is 0.0739 e. The van der Waals surface area contributed by atoms with Gasteiger partial charge in [0.25, 0.3) is 0 Å². The molecule has 4 nitrogen and oxygen atoms in total. The highest BCUT2D eigenvalue weighted by Gasteiger charge is 2.23. The van der Waals surface area contributed by atoms with Crippen molar-refractivity contribution in [1.82, 2.24) is 20.0 Å². The molecule has 0 radical (unpaired) electrons. The molecule has 0 bridgehead atoms. The van der Waals surface area contributed by atoms with Crippen LogP contribution in [0.1, 0.15) is 31.2 Å². The monoisotopic (exact) mass is 314 g/mol. The van der Waals surface area contributed by atoms with E-state index in [1.54, 1.807) is 0 Å². The third kappa shape index (κ3) is 2.95. The second kappa shape index (κ2) is 6.17. The van der Waals surface area contributed by atoms with Crippen molar-refractivity contribution in [2.24, 2.45) is 7.05 Å². The van der Waals surface area contributed by atoms with Gasteiger partial charge in [-0.05, 0) is 29.3 Å². The fraction of sp³-hybridized carbons (Fsp3) is 0.769. The molecule has 1 aliphatic rings. The molecular formula is C13H23BrN4. The SMILES string of the molecule is CCCC1CNCCN1Cc1c(Br)c(C)nn1C. The van der Waals surface area contributed by atoms with Crippen LogP contribution in [0.5, 0.6) is 0 Å². The molecule has 18 heavy (non-hydrogen) atoms. The lowest BCUT2D eigenvalue weighted by atomic mass is 10.1. The van der Waals surface area contributed by atoms with Gasteiger partial charge >= 0.3 is 0 Å². The summed E-state index contributed by atoms with van der Waals surface area (Å²) in [6.07, 6.45) is 2.51. The minimum absolute atomic E-state index is 0.658. The largest absolute Gasteiger partial charge is 0.314 e. The van der Waals surface area contributed by atoms with Crippen molar-refractivity contribution in [2.45, 2.75) is 39.3 Å². The molecule has 1 fully saturated rings. The van der Waals surface area contributed by atoms with Crippen molar-refractivity contribution in [3.8, 4) is 0 Å². The van der Waals surface area contributed by atoms with Gasteiger partial charge in [-0.25, -0.2) is 0 Å². The first-order chi connectivity index (χ1) is 8.63. The lowest BCUT2D eigenvalue weighted by molar-refractivity contribution is 0.140. The Balaban J connectivity index is 2.10. The van der Waals surface area contributed by atoms with Crippen LogP contribution in [-0.2, 0) is 13.6 Å². The molecule has 102 valence electrons. The van der Waals surface area contributed by atoms with E-state index in [1.165, 1.54) is 23.0 Å². The third-order valence-electron chi connectivity index (χ3n) is 3.71. The summed E-state index contributed by atoms with van der Waals surface area (Å²) in [5.74, 6) is 0. The number of piperazine rings is 1. The summed E-state index contributed by atoms with van der Waals surface area (Å²) in [7, 11) is 2.03. The lowest BCUT2D eigenvalue weighted by Gasteiger charge is -2.36. The summed E-state index contributed by atoms with van der Waals surface area (Å²) in [5.41, 5.74) is 2.37.